The maximum absolute atomic E-state index is 12.7. The van der Waals surface area contributed by atoms with Crippen LogP contribution in [0.5, 0.6) is 0 Å². The van der Waals surface area contributed by atoms with E-state index in [2.05, 4.69) is 15.9 Å². The number of carbonyl (C=O) groups excluding carboxylic acids is 1. The molecule has 1 atom stereocenters. The molecule has 0 aliphatic heterocycles. The van der Waals surface area contributed by atoms with E-state index in [1.54, 1.807) is 0 Å². The van der Waals surface area contributed by atoms with E-state index in [1.807, 2.05) is 0 Å². The zero-order valence-corrected chi connectivity index (χ0v) is 10.4. The summed E-state index contributed by atoms with van der Waals surface area (Å²) in [4.78, 5) is 10.9. The van der Waals surface area contributed by atoms with Crippen LogP contribution in [-0.2, 0) is 6.18 Å². The molecule has 1 rings (SSSR count). The van der Waals surface area contributed by atoms with Gasteiger partial charge in [-0.25, -0.2) is 0 Å². The van der Waals surface area contributed by atoms with Crippen molar-refractivity contribution < 1.29 is 18.0 Å². The van der Waals surface area contributed by atoms with Crippen molar-refractivity contribution in [3.63, 3.8) is 0 Å². The number of ketones is 1. The van der Waals surface area contributed by atoms with Gasteiger partial charge in [0.25, 0.3) is 0 Å². The van der Waals surface area contributed by atoms with Crippen molar-refractivity contribution in [3.05, 3.63) is 34.3 Å². The Labute approximate surface area is 104 Å². The van der Waals surface area contributed by atoms with Crippen LogP contribution in [0.15, 0.2) is 18.2 Å². The van der Waals surface area contributed by atoms with Gasteiger partial charge in [0.05, 0.1) is 15.4 Å². The minimum absolute atomic E-state index is 0.413. The predicted molar refractivity (Wildman–Crippen MR) is 59.2 cm³/mol. The van der Waals surface area contributed by atoms with Crippen LogP contribution in [0.4, 0.5) is 13.2 Å². The fourth-order valence-electron chi connectivity index (χ4n) is 1.23. The first-order chi connectivity index (χ1) is 7.25. The Morgan fingerprint density at radius 1 is 1.44 bits per heavy atom. The second kappa shape index (κ2) is 4.75. The van der Waals surface area contributed by atoms with Gasteiger partial charge >= 0.3 is 6.18 Å². The lowest BCUT2D eigenvalue weighted by molar-refractivity contribution is -0.137. The first kappa shape index (κ1) is 13.5. The number of hydrogen-bond donors (Lipinski definition) is 0. The summed E-state index contributed by atoms with van der Waals surface area (Å²) in [5, 5.41) is -0.466. The Morgan fingerprint density at radius 3 is 2.44 bits per heavy atom. The summed E-state index contributed by atoms with van der Waals surface area (Å²) in [6.45, 7) is 1.46. The SMILES string of the molecule is CC(Br)C(=O)c1cccc(Cl)c1C(F)(F)F. The van der Waals surface area contributed by atoms with Crippen molar-refractivity contribution in [1.29, 1.82) is 0 Å². The zero-order chi connectivity index (χ0) is 12.5. The van der Waals surface area contributed by atoms with Crippen molar-refractivity contribution in [2.45, 2.75) is 17.9 Å². The van der Waals surface area contributed by atoms with Gasteiger partial charge in [0.15, 0.2) is 5.78 Å². The van der Waals surface area contributed by atoms with Crippen molar-refractivity contribution in [2.24, 2.45) is 0 Å². The molecule has 1 aromatic rings. The van der Waals surface area contributed by atoms with Gasteiger partial charge in [-0.2, -0.15) is 13.2 Å². The average molecular weight is 316 g/mol. The van der Waals surface area contributed by atoms with Crippen LogP contribution in [0.25, 0.3) is 0 Å². The van der Waals surface area contributed by atoms with E-state index in [0.29, 0.717) is 0 Å². The maximum Gasteiger partial charge on any atom is 0.418 e. The predicted octanol–water partition coefficient (Wildman–Crippen LogP) is 4.32. The molecular weight excluding hydrogens is 308 g/mol. The molecule has 0 N–H and O–H groups in total. The highest BCUT2D eigenvalue weighted by atomic mass is 79.9. The van der Waals surface area contributed by atoms with Gasteiger partial charge in [-0.15, -0.1) is 0 Å². The molecule has 0 aromatic heterocycles. The quantitative estimate of drug-likeness (QED) is 0.586. The van der Waals surface area contributed by atoms with E-state index in [4.69, 9.17) is 11.6 Å². The fraction of sp³-hybridized carbons (Fsp3) is 0.300. The average Bonchev–Trinajstić information content (AvgIpc) is 2.14. The summed E-state index contributed by atoms with van der Waals surface area (Å²) in [5.74, 6) is -0.644. The van der Waals surface area contributed by atoms with Gasteiger partial charge in [0.2, 0.25) is 0 Å². The molecule has 0 saturated heterocycles. The molecule has 0 spiro atoms. The molecule has 0 amide bonds. The molecule has 0 aliphatic rings. The minimum Gasteiger partial charge on any atom is -0.293 e. The maximum atomic E-state index is 12.7. The van der Waals surface area contributed by atoms with Crippen LogP contribution >= 0.6 is 27.5 Å². The third-order valence-electron chi connectivity index (χ3n) is 1.92. The van der Waals surface area contributed by atoms with E-state index < -0.39 is 32.9 Å². The molecule has 0 bridgehead atoms. The van der Waals surface area contributed by atoms with E-state index >= 15 is 0 Å². The summed E-state index contributed by atoms with van der Waals surface area (Å²) >= 11 is 8.42. The van der Waals surface area contributed by atoms with Crippen LogP contribution in [0.2, 0.25) is 5.02 Å². The topological polar surface area (TPSA) is 17.1 Å². The summed E-state index contributed by atoms with van der Waals surface area (Å²) in [5.41, 5.74) is -1.49. The molecule has 16 heavy (non-hydrogen) atoms. The van der Waals surface area contributed by atoms with Crippen LogP contribution in [-0.4, -0.2) is 10.6 Å². The molecular formula is C10H7BrClF3O. The van der Waals surface area contributed by atoms with Gasteiger partial charge in [0.1, 0.15) is 0 Å². The molecule has 1 aromatic carbocycles. The van der Waals surface area contributed by atoms with Crippen LogP contribution in [0, 0.1) is 0 Å². The third-order valence-corrected chi connectivity index (χ3v) is 2.65. The monoisotopic (exact) mass is 314 g/mol. The number of carbonyl (C=O) groups is 1. The van der Waals surface area contributed by atoms with E-state index in [1.165, 1.54) is 13.0 Å². The van der Waals surface area contributed by atoms with E-state index in [0.717, 1.165) is 12.1 Å². The van der Waals surface area contributed by atoms with Gasteiger partial charge in [-0.3, -0.25) is 4.79 Å². The van der Waals surface area contributed by atoms with Gasteiger partial charge in [0, 0.05) is 5.56 Å². The smallest absolute Gasteiger partial charge is 0.293 e. The third kappa shape index (κ3) is 2.77. The molecule has 0 fully saturated rings. The Bertz CT molecular complexity index is 415. The zero-order valence-electron chi connectivity index (χ0n) is 8.11. The van der Waals surface area contributed by atoms with E-state index in [9.17, 15) is 18.0 Å². The first-order valence-electron chi connectivity index (χ1n) is 4.29. The van der Waals surface area contributed by atoms with Crippen LogP contribution in [0.3, 0.4) is 0 Å². The highest BCUT2D eigenvalue weighted by Gasteiger charge is 2.37. The van der Waals surface area contributed by atoms with Crippen molar-refractivity contribution in [2.75, 3.05) is 0 Å². The molecule has 88 valence electrons. The normalized spacial score (nSPS) is 13.6. The lowest BCUT2D eigenvalue weighted by Gasteiger charge is -2.14. The number of Topliss-reactive ketones (excluding diaryl/α,β-unsaturated/α-hetero) is 1. The number of alkyl halides is 4. The minimum atomic E-state index is -4.63. The molecule has 0 aliphatic carbocycles. The highest BCUT2D eigenvalue weighted by molar-refractivity contribution is 9.10. The number of halogens is 5. The van der Waals surface area contributed by atoms with Crippen LogP contribution in [0.1, 0.15) is 22.8 Å². The molecule has 1 nitrogen and oxygen atoms in total. The number of benzene rings is 1. The number of hydrogen-bond acceptors (Lipinski definition) is 1. The lowest BCUT2D eigenvalue weighted by Crippen LogP contribution is -2.18. The fourth-order valence-corrected chi connectivity index (χ4v) is 1.76. The van der Waals surface area contributed by atoms with Gasteiger partial charge in [-0.1, -0.05) is 39.7 Å². The Hall–Kier alpha value is -0.550. The second-order valence-electron chi connectivity index (χ2n) is 3.14. The van der Waals surface area contributed by atoms with Crippen molar-refractivity contribution in [3.8, 4) is 0 Å². The van der Waals surface area contributed by atoms with Crippen molar-refractivity contribution >= 4 is 33.3 Å². The summed E-state index contributed by atoms with van der Waals surface area (Å²) in [6.07, 6.45) is -4.63. The lowest BCUT2D eigenvalue weighted by atomic mass is 10.0. The first-order valence-corrected chi connectivity index (χ1v) is 5.58. The van der Waals surface area contributed by atoms with E-state index in [-0.39, 0.29) is 0 Å². The molecule has 6 heteroatoms. The molecule has 0 heterocycles. The standard InChI is InChI=1S/C10H7BrClF3O/c1-5(11)9(16)6-3-2-4-7(12)8(6)10(13,14)15/h2-5H,1H3. The number of rotatable bonds is 2. The van der Waals surface area contributed by atoms with Crippen LogP contribution < -0.4 is 0 Å². The largest absolute Gasteiger partial charge is 0.418 e. The Balaban J connectivity index is 3.41. The highest BCUT2D eigenvalue weighted by Crippen LogP contribution is 2.37. The molecule has 0 saturated carbocycles. The van der Waals surface area contributed by atoms with Gasteiger partial charge < -0.3 is 0 Å². The summed E-state index contributed by atoms with van der Waals surface area (Å²) < 4.78 is 38.0. The Morgan fingerprint density at radius 2 is 2.00 bits per heavy atom. The molecule has 1 unspecified atom stereocenters. The Kier molecular flexibility index (Phi) is 4.02. The van der Waals surface area contributed by atoms with Gasteiger partial charge in [-0.05, 0) is 13.0 Å². The molecule has 0 radical (unpaired) electrons. The summed E-state index contributed by atoms with van der Waals surface area (Å²) in [6, 6.07) is 3.55. The second-order valence-corrected chi connectivity index (χ2v) is 4.92. The van der Waals surface area contributed by atoms with Crippen molar-refractivity contribution in [1.82, 2.24) is 0 Å². The summed E-state index contributed by atoms with van der Waals surface area (Å²) in [7, 11) is 0.